The highest BCUT2D eigenvalue weighted by Crippen LogP contribution is 2.68. The Balaban J connectivity index is 2.06. The second kappa shape index (κ2) is 4.40. The highest BCUT2D eigenvalue weighted by molar-refractivity contribution is 6.21. The third-order valence-corrected chi connectivity index (χ3v) is 6.27. The highest BCUT2D eigenvalue weighted by Gasteiger charge is 2.68. The van der Waals surface area contributed by atoms with Crippen molar-refractivity contribution in [3.8, 4) is 0 Å². The first-order chi connectivity index (χ1) is 8.21. The molecule has 2 aliphatic carbocycles. The summed E-state index contributed by atoms with van der Waals surface area (Å²) in [6.07, 6.45) is 4.50. The summed E-state index contributed by atoms with van der Waals surface area (Å²) in [7, 11) is 1.94. The van der Waals surface area contributed by atoms with Gasteiger partial charge in [-0.05, 0) is 23.7 Å². The molecule has 2 saturated carbocycles. The Labute approximate surface area is 116 Å². The van der Waals surface area contributed by atoms with Crippen molar-refractivity contribution in [2.75, 3.05) is 7.05 Å². The van der Waals surface area contributed by atoms with Crippen molar-refractivity contribution in [1.29, 1.82) is 0 Å². The van der Waals surface area contributed by atoms with Crippen LogP contribution >= 0.6 is 11.6 Å². The molecular formula is C15H26ClNO. The van der Waals surface area contributed by atoms with E-state index in [2.05, 4.69) is 27.7 Å². The second-order valence-electron chi connectivity index (χ2n) is 7.19. The molecular weight excluding hydrogens is 246 g/mol. The van der Waals surface area contributed by atoms with Crippen LogP contribution in [-0.4, -0.2) is 29.3 Å². The number of alkyl halides is 1. The zero-order chi connectivity index (χ0) is 13.7. The molecule has 1 amide bonds. The maximum Gasteiger partial charge on any atom is 0.226 e. The zero-order valence-corrected chi connectivity index (χ0v) is 13.0. The lowest BCUT2D eigenvalue weighted by molar-refractivity contribution is -0.135. The van der Waals surface area contributed by atoms with E-state index in [1.807, 2.05) is 11.9 Å². The van der Waals surface area contributed by atoms with E-state index in [4.69, 9.17) is 11.6 Å². The molecule has 2 aliphatic rings. The van der Waals surface area contributed by atoms with E-state index in [9.17, 15) is 4.79 Å². The Morgan fingerprint density at radius 3 is 2.06 bits per heavy atom. The van der Waals surface area contributed by atoms with E-state index in [0.29, 0.717) is 5.91 Å². The number of rotatable bonds is 2. The predicted molar refractivity (Wildman–Crippen MR) is 75.7 cm³/mol. The smallest absolute Gasteiger partial charge is 0.226 e. The summed E-state index contributed by atoms with van der Waals surface area (Å²) in [4.78, 5) is 14.6. The molecule has 0 radical (unpaired) electrons. The van der Waals surface area contributed by atoms with Crippen molar-refractivity contribution in [2.45, 2.75) is 64.8 Å². The number of hydrogen-bond acceptors (Lipinski definition) is 1. The summed E-state index contributed by atoms with van der Waals surface area (Å²) in [6, 6.07) is 0.236. The van der Waals surface area contributed by atoms with Crippen molar-refractivity contribution >= 4 is 17.5 Å². The maximum absolute atomic E-state index is 12.6. The molecule has 0 aliphatic heterocycles. The Morgan fingerprint density at radius 2 is 1.61 bits per heavy atom. The molecule has 0 heterocycles. The van der Waals surface area contributed by atoms with E-state index < -0.39 is 0 Å². The van der Waals surface area contributed by atoms with Gasteiger partial charge in [0.05, 0.1) is 5.38 Å². The molecule has 0 aromatic rings. The van der Waals surface area contributed by atoms with Crippen LogP contribution in [-0.2, 0) is 4.79 Å². The van der Waals surface area contributed by atoms with Crippen LogP contribution in [0.4, 0.5) is 0 Å². The largest absolute Gasteiger partial charge is 0.341 e. The third kappa shape index (κ3) is 1.97. The Hall–Kier alpha value is -0.240. The average Bonchev–Trinajstić information content (AvgIpc) is 2.68. The summed E-state index contributed by atoms with van der Waals surface area (Å²) in [5.41, 5.74) is 0.240. The molecule has 2 fully saturated rings. The molecule has 2 unspecified atom stereocenters. The zero-order valence-electron chi connectivity index (χ0n) is 12.3. The van der Waals surface area contributed by atoms with E-state index in [1.165, 1.54) is 12.8 Å². The SMILES string of the molecule is CN(C(=O)C1C(C)(C)C1(C)C)C1CCCCC1Cl. The van der Waals surface area contributed by atoms with Gasteiger partial charge in [0.1, 0.15) is 0 Å². The molecule has 0 aromatic carbocycles. The van der Waals surface area contributed by atoms with E-state index in [-0.39, 0.29) is 28.2 Å². The Bertz CT molecular complexity index is 336. The van der Waals surface area contributed by atoms with E-state index in [1.54, 1.807) is 0 Å². The molecule has 104 valence electrons. The molecule has 0 saturated heterocycles. The van der Waals surface area contributed by atoms with Crippen LogP contribution in [0.5, 0.6) is 0 Å². The first-order valence-electron chi connectivity index (χ1n) is 7.12. The van der Waals surface area contributed by atoms with Crippen LogP contribution in [0.3, 0.4) is 0 Å². The van der Waals surface area contributed by atoms with E-state index >= 15 is 0 Å². The lowest BCUT2D eigenvalue weighted by Crippen LogP contribution is -2.45. The first kappa shape index (κ1) is 14.2. The standard InChI is InChI=1S/C15H26ClNO/c1-14(2)12(15(14,3)4)13(18)17(5)11-9-7-6-8-10(11)16/h10-12H,6-9H2,1-5H3. The number of nitrogens with zero attached hydrogens (tertiary/aromatic N) is 1. The molecule has 0 bridgehead atoms. The van der Waals surface area contributed by atoms with Crippen LogP contribution in [0, 0.1) is 16.7 Å². The normalized spacial score (nSPS) is 34.1. The quantitative estimate of drug-likeness (QED) is 0.702. The lowest BCUT2D eigenvalue weighted by Gasteiger charge is -2.35. The van der Waals surface area contributed by atoms with Gasteiger partial charge in [-0.3, -0.25) is 4.79 Å². The second-order valence-corrected chi connectivity index (χ2v) is 7.75. The molecule has 2 atom stereocenters. The molecule has 2 nitrogen and oxygen atoms in total. The van der Waals surface area contributed by atoms with Gasteiger partial charge in [0, 0.05) is 19.0 Å². The first-order valence-corrected chi connectivity index (χ1v) is 7.55. The Morgan fingerprint density at radius 1 is 1.11 bits per heavy atom. The average molecular weight is 272 g/mol. The molecule has 2 rings (SSSR count). The van der Waals surface area contributed by atoms with Crippen molar-refractivity contribution < 1.29 is 4.79 Å². The molecule has 18 heavy (non-hydrogen) atoms. The fourth-order valence-electron chi connectivity index (χ4n) is 3.68. The number of amides is 1. The Kier molecular flexibility index (Phi) is 3.46. The van der Waals surface area contributed by atoms with Crippen molar-refractivity contribution in [3.63, 3.8) is 0 Å². The molecule has 0 aromatic heterocycles. The third-order valence-electron chi connectivity index (χ3n) is 5.76. The molecule has 3 heteroatoms. The highest BCUT2D eigenvalue weighted by atomic mass is 35.5. The number of hydrogen-bond donors (Lipinski definition) is 0. The number of halogens is 1. The minimum Gasteiger partial charge on any atom is -0.341 e. The van der Waals surface area contributed by atoms with Gasteiger partial charge in [0.2, 0.25) is 5.91 Å². The maximum atomic E-state index is 12.6. The fourth-order valence-corrected chi connectivity index (χ4v) is 4.13. The topological polar surface area (TPSA) is 20.3 Å². The predicted octanol–water partition coefficient (Wildman–Crippen LogP) is 3.68. The van der Waals surface area contributed by atoms with Crippen LogP contribution < -0.4 is 0 Å². The summed E-state index contributed by atoms with van der Waals surface area (Å²) >= 11 is 6.39. The lowest BCUT2D eigenvalue weighted by atomic mass is 9.93. The summed E-state index contributed by atoms with van der Waals surface area (Å²) in [5, 5.41) is 0.137. The van der Waals surface area contributed by atoms with Crippen LogP contribution in [0.25, 0.3) is 0 Å². The molecule has 0 N–H and O–H groups in total. The summed E-state index contributed by atoms with van der Waals surface area (Å²) in [6.45, 7) is 8.79. The van der Waals surface area contributed by atoms with Crippen LogP contribution in [0.1, 0.15) is 53.4 Å². The fraction of sp³-hybridized carbons (Fsp3) is 0.933. The number of carbonyl (C=O) groups excluding carboxylic acids is 1. The minimum atomic E-state index is 0.120. The van der Waals surface area contributed by atoms with Crippen LogP contribution in [0.15, 0.2) is 0 Å². The van der Waals surface area contributed by atoms with Crippen molar-refractivity contribution in [2.24, 2.45) is 16.7 Å². The van der Waals surface area contributed by atoms with Gasteiger partial charge in [-0.25, -0.2) is 0 Å². The number of carbonyl (C=O) groups is 1. The van der Waals surface area contributed by atoms with Gasteiger partial charge in [-0.2, -0.15) is 0 Å². The summed E-state index contributed by atoms with van der Waals surface area (Å²) < 4.78 is 0. The van der Waals surface area contributed by atoms with Crippen LogP contribution in [0.2, 0.25) is 0 Å². The van der Waals surface area contributed by atoms with E-state index in [0.717, 1.165) is 12.8 Å². The van der Waals surface area contributed by atoms with Crippen molar-refractivity contribution in [1.82, 2.24) is 4.90 Å². The van der Waals surface area contributed by atoms with Gasteiger partial charge in [0.25, 0.3) is 0 Å². The monoisotopic (exact) mass is 271 g/mol. The van der Waals surface area contributed by atoms with Gasteiger partial charge in [-0.1, -0.05) is 40.5 Å². The van der Waals surface area contributed by atoms with Gasteiger partial charge >= 0.3 is 0 Å². The molecule has 0 spiro atoms. The minimum absolute atomic E-state index is 0.120. The summed E-state index contributed by atoms with van der Waals surface area (Å²) in [5.74, 6) is 0.448. The van der Waals surface area contributed by atoms with Gasteiger partial charge in [-0.15, -0.1) is 11.6 Å². The van der Waals surface area contributed by atoms with Crippen molar-refractivity contribution in [3.05, 3.63) is 0 Å². The van der Waals surface area contributed by atoms with Gasteiger partial charge < -0.3 is 4.90 Å². The van der Waals surface area contributed by atoms with Gasteiger partial charge in [0.15, 0.2) is 0 Å².